The summed E-state index contributed by atoms with van der Waals surface area (Å²) in [6.07, 6.45) is 1.86. The Labute approximate surface area is 176 Å². The normalized spacial score (nSPS) is 20.8. The monoisotopic (exact) mass is 437 g/mol. The molecule has 1 atom stereocenters. The van der Waals surface area contributed by atoms with Crippen molar-refractivity contribution in [2.24, 2.45) is 11.7 Å². The number of carbonyl (C=O) groups excluding carboxylic acids is 3. The summed E-state index contributed by atoms with van der Waals surface area (Å²) < 4.78 is 32.2. The van der Waals surface area contributed by atoms with Crippen LogP contribution in [-0.4, -0.2) is 67.7 Å². The third-order valence-corrected chi connectivity index (χ3v) is 7.61. The number of aryl methyl sites for hydroxylation is 1. The first-order chi connectivity index (χ1) is 14.2. The van der Waals surface area contributed by atoms with Crippen LogP contribution in [0.2, 0.25) is 0 Å². The van der Waals surface area contributed by atoms with Crippen molar-refractivity contribution < 1.29 is 27.5 Å². The van der Waals surface area contributed by atoms with Gasteiger partial charge in [0, 0.05) is 25.6 Å². The molecule has 10 heteroatoms. The fourth-order valence-corrected chi connectivity index (χ4v) is 5.49. The van der Waals surface area contributed by atoms with Crippen molar-refractivity contribution in [3.05, 3.63) is 29.8 Å². The van der Waals surface area contributed by atoms with Crippen molar-refractivity contribution in [2.45, 2.75) is 43.5 Å². The molecule has 0 aliphatic carbocycles. The Balaban J connectivity index is 1.58. The van der Waals surface area contributed by atoms with E-state index in [0.717, 1.165) is 9.87 Å². The third-order valence-electron chi connectivity index (χ3n) is 5.69. The second-order valence-electron chi connectivity index (χ2n) is 7.75. The molecule has 2 aliphatic heterocycles. The summed E-state index contributed by atoms with van der Waals surface area (Å²) in [6.45, 7) is 2.39. The number of hydrogen-bond donors (Lipinski definition) is 1. The highest BCUT2D eigenvalue weighted by atomic mass is 32.2. The molecule has 0 radical (unpaired) electrons. The van der Waals surface area contributed by atoms with Crippen LogP contribution in [0.5, 0.6) is 0 Å². The first kappa shape index (κ1) is 22.2. The molecule has 1 aromatic carbocycles. The lowest BCUT2D eigenvalue weighted by Gasteiger charge is -2.30. The average molecular weight is 438 g/mol. The van der Waals surface area contributed by atoms with Crippen LogP contribution in [-0.2, 0) is 29.1 Å². The Morgan fingerprint density at radius 2 is 1.70 bits per heavy atom. The Kier molecular flexibility index (Phi) is 6.77. The number of nitrogens with two attached hydrogens (primary N) is 1. The summed E-state index contributed by atoms with van der Waals surface area (Å²) in [5.74, 6) is -1.69. The van der Waals surface area contributed by atoms with Crippen molar-refractivity contribution in [2.75, 3.05) is 26.2 Å². The zero-order chi connectivity index (χ0) is 21.9. The molecule has 0 spiro atoms. The smallest absolute Gasteiger partial charge is 0.324 e. The predicted octanol–water partition coefficient (Wildman–Crippen LogP) is 0.415. The van der Waals surface area contributed by atoms with E-state index in [1.807, 2.05) is 6.92 Å². The number of primary amides is 1. The molecule has 30 heavy (non-hydrogen) atoms. The fourth-order valence-electron chi connectivity index (χ4n) is 3.84. The van der Waals surface area contributed by atoms with E-state index in [0.29, 0.717) is 38.8 Å². The first-order valence-electron chi connectivity index (χ1n) is 10.0. The van der Waals surface area contributed by atoms with Crippen LogP contribution >= 0.6 is 0 Å². The number of benzene rings is 1. The van der Waals surface area contributed by atoms with Gasteiger partial charge in [-0.1, -0.05) is 17.7 Å². The van der Waals surface area contributed by atoms with Crippen LogP contribution in [0.4, 0.5) is 0 Å². The standard InChI is InChI=1S/C20H27N3O6S/c1-14-4-6-16(7-5-14)30(27,28)23-10-2-3-17(23)20(26)29-13-18(24)22-11-8-15(9-12-22)19(21)25/h4-7,15,17H,2-3,8-13H2,1H3,(H2,21,25). The van der Waals surface area contributed by atoms with Gasteiger partial charge in [-0.3, -0.25) is 14.4 Å². The Bertz CT molecular complexity index is 907. The zero-order valence-corrected chi connectivity index (χ0v) is 17.8. The summed E-state index contributed by atoms with van der Waals surface area (Å²) in [6, 6.07) is 5.51. The molecule has 0 aromatic heterocycles. The number of rotatable bonds is 6. The summed E-state index contributed by atoms with van der Waals surface area (Å²) in [4.78, 5) is 37.8. The van der Waals surface area contributed by atoms with Crippen molar-refractivity contribution in [3.63, 3.8) is 0 Å². The van der Waals surface area contributed by atoms with Gasteiger partial charge in [-0.05, 0) is 44.7 Å². The molecule has 0 saturated carbocycles. The van der Waals surface area contributed by atoms with Gasteiger partial charge in [0.15, 0.2) is 6.61 Å². The molecule has 0 bridgehead atoms. The lowest BCUT2D eigenvalue weighted by atomic mass is 9.96. The van der Waals surface area contributed by atoms with Gasteiger partial charge in [-0.15, -0.1) is 0 Å². The van der Waals surface area contributed by atoms with E-state index in [2.05, 4.69) is 0 Å². The van der Waals surface area contributed by atoms with E-state index < -0.39 is 28.6 Å². The molecule has 2 heterocycles. The second kappa shape index (κ2) is 9.13. The maximum Gasteiger partial charge on any atom is 0.324 e. The molecule has 1 unspecified atom stereocenters. The molecule has 2 fully saturated rings. The quantitative estimate of drug-likeness (QED) is 0.643. The van der Waals surface area contributed by atoms with Gasteiger partial charge < -0.3 is 15.4 Å². The van der Waals surface area contributed by atoms with Crippen LogP contribution < -0.4 is 5.73 Å². The second-order valence-corrected chi connectivity index (χ2v) is 9.64. The highest BCUT2D eigenvalue weighted by Crippen LogP contribution is 2.27. The molecular weight excluding hydrogens is 410 g/mol. The zero-order valence-electron chi connectivity index (χ0n) is 17.0. The minimum atomic E-state index is -3.83. The average Bonchev–Trinajstić information content (AvgIpc) is 3.23. The van der Waals surface area contributed by atoms with Gasteiger partial charge in [0.2, 0.25) is 15.9 Å². The van der Waals surface area contributed by atoms with Gasteiger partial charge in [0.05, 0.1) is 4.90 Å². The van der Waals surface area contributed by atoms with E-state index in [1.165, 1.54) is 17.0 Å². The van der Waals surface area contributed by atoms with Gasteiger partial charge in [-0.2, -0.15) is 4.31 Å². The van der Waals surface area contributed by atoms with Crippen LogP contribution in [0.25, 0.3) is 0 Å². The molecule has 164 valence electrons. The predicted molar refractivity (Wildman–Crippen MR) is 108 cm³/mol. The molecule has 9 nitrogen and oxygen atoms in total. The minimum Gasteiger partial charge on any atom is -0.454 e. The van der Waals surface area contributed by atoms with Crippen molar-refractivity contribution in [1.29, 1.82) is 0 Å². The van der Waals surface area contributed by atoms with Crippen LogP contribution in [0.1, 0.15) is 31.2 Å². The number of amides is 2. The fraction of sp³-hybridized carbons (Fsp3) is 0.550. The number of likely N-dealkylation sites (tertiary alicyclic amines) is 1. The lowest BCUT2D eigenvalue weighted by molar-refractivity contribution is -0.155. The molecular formula is C20H27N3O6S. The Morgan fingerprint density at radius 1 is 1.07 bits per heavy atom. The molecule has 1 aromatic rings. The van der Waals surface area contributed by atoms with Crippen molar-refractivity contribution in [1.82, 2.24) is 9.21 Å². The number of esters is 1. The maximum atomic E-state index is 12.9. The lowest BCUT2D eigenvalue weighted by Crippen LogP contribution is -2.45. The number of carbonyl (C=O) groups is 3. The Morgan fingerprint density at radius 3 is 2.30 bits per heavy atom. The molecule has 2 saturated heterocycles. The van der Waals surface area contributed by atoms with E-state index in [4.69, 9.17) is 10.5 Å². The molecule has 3 rings (SSSR count). The van der Waals surface area contributed by atoms with Crippen LogP contribution in [0.3, 0.4) is 0 Å². The maximum absolute atomic E-state index is 12.9. The number of sulfonamides is 1. The highest BCUT2D eigenvalue weighted by Gasteiger charge is 2.40. The van der Waals surface area contributed by atoms with Gasteiger partial charge in [0.25, 0.3) is 5.91 Å². The minimum absolute atomic E-state index is 0.126. The summed E-state index contributed by atoms with van der Waals surface area (Å²) in [5, 5.41) is 0. The molecule has 2 aliphatic rings. The summed E-state index contributed by atoms with van der Waals surface area (Å²) in [5.41, 5.74) is 6.22. The highest BCUT2D eigenvalue weighted by molar-refractivity contribution is 7.89. The SMILES string of the molecule is Cc1ccc(S(=O)(=O)N2CCCC2C(=O)OCC(=O)N2CCC(C(N)=O)CC2)cc1. The van der Waals surface area contributed by atoms with Crippen molar-refractivity contribution in [3.8, 4) is 0 Å². The summed E-state index contributed by atoms with van der Waals surface area (Å²) >= 11 is 0. The third kappa shape index (κ3) is 4.81. The Hall–Kier alpha value is -2.46. The van der Waals surface area contributed by atoms with E-state index in [-0.39, 0.29) is 29.2 Å². The van der Waals surface area contributed by atoms with Crippen molar-refractivity contribution >= 4 is 27.8 Å². The topological polar surface area (TPSA) is 127 Å². The summed E-state index contributed by atoms with van der Waals surface area (Å²) in [7, 11) is -3.83. The number of hydrogen-bond acceptors (Lipinski definition) is 6. The largest absolute Gasteiger partial charge is 0.454 e. The number of piperidine rings is 1. The van der Waals surface area contributed by atoms with Crippen LogP contribution in [0, 0.1) is 12.8 Å². The van der Waals surface area contributed by atoms with E-state index in [9.17, 15) is 22.8 Å². The first-order valence-corrected chi connectivity index (χ1v) is 11.5. The molecule has 2 amide bonds. The van der Waals surface area contributed by atoms with Gasteiger partial charge in [-0.25, -0.2) is 8.42 Å². The van der Waals surface area contributed by atoms with E-state index in [1.54, 1.807) is 12.1 Å². The van der Waals surface area contributed by atoms with Gasteiger partial charge in [0.1, 0.15) is 6.04 Å². The number of nitrogens with zero attached hydrogens (tertiary/aromatic N) is 2. The van der Waals surface area contributed by atoms with Crippen LogP contribution in [0.15, 0.2) is 29.2 Å². The van der Waals surface area contributed by atoms with Gasteiger partial charge >= 0.3 is 5.97 Å². The van der Waals surface area contributed by atoms with E-state index >= 15 is 0 Å². The molecule has 2 N–H and O–H groups in total. The number of ether oxygens (including phenoxy) is 1.